The van der Waals surface area contributed by atoms with Crippen molar-refractivity contribution in [3.8, 4) is 5.69 Å². The first-order valence-electron chi connectivity index (χ1n) is 9.91. The molecule has 5 heteroatoms. The number of rotatable bonds is 3. The fourth-order valence-corrected chi connectivity index (χ4v) is 4.74. The quantitative estimate of drug-likeness (QED) is 0.600. The van der Waals surface area contributed by atoms with Gasteiger partial charge >= 0.3 is 0 Å². The van der Waals surface area contributed by atoms with Crippen LogP contribution in [0.15, 0.2) is 42.5 Å². The van der Waals surface area contributed by atoms with Gasteiger partial charge in [-0.1, -0.05) is 39.0 Å². The van der Waals surface area contributed by atoms with E-state index in [9.17, 15) is 4.79 Å². The highest BCUT2D eigenvalue weighted by molar-refractivity contribution is 7.98. The number of aromatic nitrogens is 2. The zero-order valence-corrected chi connectivity index (χ0v) is 18.5. The van der Waals surface area contributed by atoms with Gasteiger partial charge in [0.25, 0.3) is 5.91 Å². The Morgan fingerprint density at radius 3 is 2.31 bits per heavy atom. The molecule has 29 heavy (non-hydrogen) atoms. The Hall–Kier alpha value is -2.53. The van der Waals surface area contributed by atoms with Crippen LogP contribution in [-0.4, -0.2) is 15.7 Å². The van der Waals surface area contributed by atoms with Crippen molar-refractivity contribution in [2.45, 2.75) is 51.5 Å². The van der Waals surface area contributed by atoms with Crippen LogP contribution in [0.5, 0.6) is 0 Å². The van der Waals surface area contributed by atoms with E-state index in [1.165, 1.54) is 16.7 Å². The summed E-state index contributed by atoms with van der Waals surface area (Å²) in [7, 11) is 0. The molecular weight excluding hydrogens is 378 g/mol. The summed E-state index contributed by atoms with van der Waals surface area (Å²) < 4.78 is 1.89. The first kappa shape index (κ1) is 19.8. The fraction of sp³-hybridized carbons (Fsp3) is 0.333. The molecule has 0 spiro atoms. The maximum atomic E-state index is 13.0. The monoisotopic (exact) mass is 405 g/mol. The average Bonchev–Trinajstić information content (AvgIpc) is 3.23. The minimum Gasteiger partial charge on any atom is -0.306 e. The fourth-order valence-electron chi connectivity index (χ4n) is 3.70. The summed E-state index contributed by atoms with van der Waals surface area (Å²) in [5, 5.41) is 7.97. The second kappa shape index (κ2) is 7.38. The topological polar surface area (TPSA) is 46.9 Å². The number of carbonyl (C=O) groups excluding carboxylic acids is 1. The molecule has 0 atom stereocenters. The minimum absolute atomic E-state index is 0.0642. The van der Waals surface area contributed by atoms with Gasteiger partial charge in [-0.3, -0.25) is 4.79 Å². The Bertz CT molecular complexity index is 1050. The third-order valence-electron chi connectivity index (χ3n) is 5.25. The Kier molecular flexibility index (Phi) is 5.03. The molecule has 1 N–H and O–H groups in total. The van der Waals surface area contributed by atoms with Crippen LogP contribution in [0.3, 0.4) is 0 Å². The number of hydrogen-bond donors (Lipinski definition) is 1. The van der Waals surface area contributed by atoms with Crippen molar-refractivity contribution in [1.29, 1.82) is 0 Å². The van der Waals surface area contributed by atoms with Crippen molar-refractivity contribution in [2.24, 2.45) is 0 Å². The average molecular weight is 406 g/mol. The van der Waals surface area contributed by atoms with E-state index in [-0.39, 0.29) is 11.3 Å². The van der Waals surface area contributed by atoms with Crippen LogP contribution >= 0.6 is 11.8 Å². The van der Waals surface area contributed by atoms with Crippen molar-refractivity contribution in [2.75, 3.05) is 5.32 Å². The number of hydrogen-bond acceptors (Lipinski definition) is 3. The number of amides is 1. The zero-order chi connectivity index (χ0) is 20.8. The number of benzene rings is 2. The molecule has 1 aliphatic heterocycles. The molecule has 0 fully saturated rings. The van der Waals surface area contributed by atoms with Gasteiger partial charge in [0, 0.05) is 22.6 Å². The highest BCUT2D eigenvalue weighted by Gasteiger charge is 2.25. The van der Waals surface area contributed by atoms with Gasteiger partial charge in [-0.2, -0.15) is 16.9 Å². The number of aryl methyl sites for hydroxylation is 2. The van der Waals surface area contributed by atoms with Gasteiger partial charge in [-0.25, -0.2) is 4.68 Å². The van der Waals surface area contributed by atoms with Gasteiger partial charge in [0.15, 0.2) is 0 Å². The Labute approximate surface area is 176 Å². The minimum atomic E-state index is -0.101. The molecule has 0 unspecified atom stereocenters. The van der Waals surface area contributed by atoms with Gasteiger partial charge in [0.1, 0.15) is 5.82 Å². The summed E-state index contributed by atoms with van der Waals surface area (Å²) in [6, 6.07) is 14.2. The van der Waals surface area contributed by atoms with Crippen LogP contribution < -0.4 is 5.32 Å². The highest BCUT2D eigenvalue weighted by Crippen LogP contribution is 2.36. The normalized spacial score (nSPS) is 13.4. The van der Waals surface area contributed by atoms with E-state index in [1.54, 1.807) is 0 Å². The summed E-state index contributed by atoms with van der Waals surface area (Å²) in [4.78, 5) is 13.0. The van der Waals surface area contributed by atoms with Crippen LogP contribution in [-0.2, 0) is 16.9 Å². The van der Waals surface area contributed by atoms with E-state index in [0.29, 0.717) is 5.56 Å². The summed E-state index contributed by atoms with van der Waals surface area (Å²) in [6.45, 7) is 10.7. The third kappa shape index (κ3) is 3.97. The van der Waals surface area contributed by atoms with Crippen LogP contribution in [0, 0.1) is 13.8 Å². The van der Waals surface area contributed by atoms with Crippen LogP contribution in [0.1, 0.15) is 59.1 Å². The SMILES string of the molecule is Cc1cc(C)cc(-n2nc3c(c2NC(=O)c2ccc(C(C)(C)C)cc2)CSC3)c1. The van der Waals surface area contributed by atoms with E-state index < -0.39 is 0 Å². The predicted molar refractivity (Wildman–Crippen MR) is 121 cm³/mol. The second-order valence-electron chi connectivity index (χ2n) is 8.81. The molecule has 150 valence electrons. The number of thioether (sulfide) groups is 1. The van der Waals surface area contributed by atoms with E-state index in [0.717, 1.165) is 34.3 Å². The summed E-state index contributed by atoms with van der Waals surface area (Å²) in [5.74, 6) is 2.45. The number of nitrogens with one attached hydrogen (secondary N) is 1. The molecule has 0 saturated heterocycles. The third-order valence-corrected chi connectivity index (χ3v) is 6.22. The van der Waals surface area contributed by atoms with Gasteiger partial charge in [0.2, 0.25) is 0 Å². The molecule has 1 aromatic heterocycles. The molecule has 2 heterocycles. The van der Waals surface area contributed by atoms with Crippen LogP contribution in [0.4, 0.5) is 5.82 Å². The van der Waals surface area contributed by atoms with E-state index in [4.69, 9.17) is 5.10 Å². The summed E-state index contributed by atoms with van der Waals surface area (Å²) in [6.07, 6.45) is 0. The molecule has 0 aliphatic carbocycles. The largest absolute Gasteiger partial charge is 0.306 e. The number of nitrogens with zero attached hydrogens (tertiary/aromatic N) is 2. The van der Waals surface area contributed by atoms with E-state index in [1.807, 2.05) is 40.7 Å². The molecular formula is C24H27N3OS. The van der Waals surface area contributed by atoms with Gasteiger partial charge in [-0.05, 0) is 60.2 Å². The summed E-state index contributed by atoms with van der Waals surface area (Å²) >= 11 is 1.83. The predicted octanol–water partition coefficient (Wildman–Crippen LogP) is 5.79. The molecule has 1 amide bonds. The first-order chi connectivity index (χ1) is 13.7. The van der Waals surface area contributed by atoms with Crippen molar-refractivity contribution in [3.05, 3.63) is 76.0 Å². The standard InChI is InChI=1S/C24H27N3OS/c1-15-10-16(2)12-19(11-15)27-22(20-13-29-14-21(20)26-27)25-23(28)17-6-8-18(9-7-17)24(3,4)5/h6-12H,13-14H2,1-5H3,(H,25,28). The molecule has 3 aromatic rings. The highest BCUT2D eigenvalue weighted by atomic mass is 32.2. The van der Waals surface area contributed by atoms with Crippen molar-refractivity contribution >= 4 is 23.5 Å². The molecule has 4 nitrogen and oxygen atoms in total. The maximum Gasteiger partial charge on any atom is 0.256 e. The smallest absolute Gasteiger partial charge is 0.256 e. The van der Waals surface area contributed by atoms with Gasteiger partial charge in [-0.15, -0.1) is 0 Å². The van der Waals surface area contributed by atoms with Crippen molar-refractivity contribution in [3.63, 3.8) is 0 Å². The molecule has 4 rings (SSSR count). The molecule has 1 aliphatic rings. The lowest BCUT2D eigenvalue weighted by Crippen LogP contribution is -2.17. The van der Waals surface area contributed by atoms with Crippen LogP contribution in [0.2, 0.25) is 0 Å². The zero-order valence-electron chi connectivity index (χ0n) is 17.7. The van der Waals surface area contributed by atoms with Crippen molar-refractivity contribution < 1.29 is 4.79 Å². The second-order valence-corrected chi connectivity index (χ2v) is 9.79. The lowest BCUT2D eigenvalue weighted by molar-refractivity contribution is 0.102. The Morgan fingerprint density at radius 2 is 1.69 bits per heavy atom. The molecule has 0 radical (unpaired) electrons. The van der Waals surface area contributed by atoms with E-state index in [2.05, 4.69) is 58.1 Å². The van der Waals surface area contributed by atoms with Crippen LogP contribution in [0.25, 0.3) is 5.69 Å². The Morgan fingerprint density at radius 1 is 1.03 bits per heavy atom. The Balaban J connectivity index is 1.69. The molecule has 2 aromatic carbocycles. The lowest BCUT2D eigenvalue weighted by atomic mass is 9.87. The molecule has 0 saturated carbocycles. The summed E-state index contributed by atoms with van der Waals surface area (Å²) in [5.41, 5.74) is 7.48. The number of anilines is 1. The number of fused-ring (bicyclic) bond motifs is 1. The van der Waals surface area contributed by atoms with Gasteiger partial charge < -0.3 is 5.32 Å². The number of carbonyl (C=O) groups is 1. The van der Waals surface area contributed by atoms with Crippen molar-refractivity contribution in [1.82, 2.24) is 9.78 Å². The maximum absolute atomic E-state index is 13.0. The van der Waals surface area contributed by atoms with Gasteiger partial charge in [0.05, 0.1) is 11.4 Å². The molecule has 0 bridgehead atoms. The first-order valence-corrected chi connectivity index (χ1v) is 11.1. The lowest BCUT2D eigenvalue weighted by Gasteiger charge is -2.19. The van der Waals surface area contributed by atoms with E-state index >= 15 is 0 Å².